The number of carbonyl (C=O) groups is 2. The maximum atomic E-state index is 12.2. The molecule has 0 radical (unpaired) electrons. The van der Waals surface area contributed by atoms with Gasteiger partial charge in [-0.25, -0.2) is 4.79 Å². The Hall–Kier alpha value is -1.24. The van der Waals surface area contributed by atoms with Gasteiger partial charge >= 0.3 is 5.97 Å². The van der Waals surface area contributed by atoms with Crippen molar-refractivity contribution in [1.29, 1.82) is 0 Å². The van der Waals surface area contributed by atoms with Gasteiger partial charge in [-0.05, 0) is 24.6 Å². The summed E-state index contributed by atoms with van der Waals surface area (Å²) >= 11 is 7.41. The van der Waals surface area contributed by atoms with Gasteiger partial charge in [-0.15, -0.1) is 11.8 Å². The van der Waals surface area contributed by atoms with Gasteiger partial charge in [-0.2, -0.15) is 0 Å². The fourth-order valence-electron chi connectivity index (χ4n) is 2.27. The van der Waals surface area contributed by atoms with E-state index in [1.54, 1.807) is 11.8 Å². The van der Waals surface area contributed by atoms with Gasteiger partial charge in [0, 0.05) is 17.3 Å². The van der Waals surface area contributed by atoms with E-state index < -0.39 is 12.1 Å². The van der Waals surface area contributed by atoms with Crippen molar-refractivity contribution in [3.63, 3.8) is 0 Å². The maximum Gasteiger partial charge on any atom is 0.334 e. The van der Waals surface area contributed by atoms with E-state index >= 15 is 0 Å². The summed E-state index contributed by atoms with van der Waals surface area (Å²) in [7, 11) is 0. The number of aliphatic carboxylic acids is 1. The molecule has 0 aromatic heterocycles. The van der Waals surface area contributed by atoms with Crippen molar-refractivity contribution < 1.29 is 19.4 Å². The lowest BCUT2D eigenvalue weighted by Gasteiger charge is -2.34. The van der Waals surface area contributed by atoms with Gasteiger partial charge in [0.05, 0.1) is 18.4 Å². The second kappa shape index (κ2) is 7.85. The lowest BCUT2D eigenvalue weighted by atomic mass is 10.2. The largest absolute Gasteiger partial charge is 0.479 e. The second-order valence-corrected chi connectivity index (χ2v) is 6.62. The van der Waals surface area contributed by atoms with Crippen molar-refractivity contribution in [2.75, 3.05) is 18.8 Å². The number of carboxylic acid groups (broad SMARTS) is 1. The number of benzene rings is 1. The average Bonchev–Trinajstić information content (AvgIpc) is 2.46. The number of nitrogens with zero attached hydrogens (tertiary/aromatic N) is 1. The van der Waals surface area contributed by atoms with Crippen molar-refractivity contribution in [3.8, 4) is 0 Å². The third-order valence-corrected chi connectivity index (χ3v) is 4.50. The van der Waals surface area contributed by atoms with Crippen molar-refractivity contribution in [2.24, 2.45) is 0 Å². The Balaban J connectivity index is 1.82. The Morgan fingerprint density at radius 2 is 2.23 bits per heavy atom. The average molecular weight is 344 g/mol. The summed E-state index contributed by atoms with van der Waals surface area (Å²) in [4.78, 5) is 24.8. The number of halogens is 1. The molecule has 1 N–H and O–H groups in total. The van der Waals surface area contributed by atoms with E-state index in [0.29, 0.717) is 23.1 Å². The zero-order valence-corrected chi connectivity index (χ0v) is 13.8. The number of carboxylic acids is 1. The molecule has 1 amide bonds. The molecule has 2 rings (SSSR count). The minimum atomic E-state index is -1.03. The van der Waals surface area contributed by atoms with Crippen LogP contribution in [0.25, 0.3) is 0 Å². The van der Waals surface area contributed by atoms with Crippen LogP contribution in [-0.4, -0.2) is 52.9 Å². The molecular formula is C15H18ClNO4S. The zero-order chi connectivity index (χ0) is 16.1. The SMILES string of the molecule is C[C@@H]1CN(C(=O)CSCc2cccc(Cl)c2)CC(C(=O)O)O1. The Bertz CT molecular complexity index is 554. The fraction of sp³-hybridized carbons (Fsp3) is 0.467. The van der Waals surface area contributed by atoms with Crippen LogP contribution in [0, 0.1) is 0 Å². The summed E-state index contributed by atoms with van der Waals surface area (Å²) in [5.74, 6) is -0.0931. The molecule has 1 unspecified atom stereocenters. The Morgan fingerprint density at radius 3 is 2.91 bits per heavy atom. The Labute approximate surface area is 138 Å². The third kappa shape index (κ3) is 4.90. The van der Waals surface area contributed by atoms with Crippen molar-refractivity contribution >= 4 is 35.2 Å². The lowest BCUT2D eigenvalue weighted by molar-refractivity contribution is -0.165. The molecule has 22 heavy (non-hydrogen) atoms. The number of morpholine rings is 1. The first-order valence-electron chi connectivity index (χ1n) is 6.94. The Morgan fingerprint density at radius 1 is 1.45 bits per heavy atom. The molecule has 7 heteroatoms. The summed E-state index contributed by atoms with van der Waals surface area (Å²) in [6.45, 7) is 2.31. The van der Waals surface area contributed by atoms with Crippen LogP contribution in [0.5, 0.6) is 0 Å². The highest BCUT2D eigenvalue weighted by Crippen LogP contribution is 2.18. The number of hydrogen-bond acceptors (Lipinski definition) is 4. The number of ether oxygens (including phenoxy) is 1. The zero-order valence-electron chi connectivity index (χ0n) is 12.2. The number of amides is 1. The fourth-order valence-corrected chi connectivity index (χ4v) is 3.35. The molecule has 0 saturated carbocycles. The number of hydrogen-bond donors (Lipinski definition) is 1. The summed E-state index contributed by atoms with van der Waals surface area (Å²) in [5, 5.41) is 9.70. The van der Waals surface area contributed by atoms with Gasteiger partial charge in [-0.1, -0.05) is 23.7 Å². The summed E-state index contributed by atoms with van der Waals surface area (Å²) in [6.07, 6.45) is -1.21. The summed E-state index contributed by atoms with van der Waals surface area (Å²) in [5.41, 5.74) is 1.06. The molecule has 5 nitrogen and oxygen atoms in total. The van der Waals surface area contributed by atoms with Gasteiger partial charge in [0.1, 0.15) is 0 Å². The topological polar surface area (TPSA) is 66.8 Å². The van der Waals surface area contributed by atoms with E-state index in [9.17, 15) is 9.59 Å². The van der Waals surface area contributed by atoms with Crippen LogP contribution in [0.4, 0.5) is 0 Å². The maximum absolute atomic E-state index is 12.2. The minimum Gasteiger partial charge on any atom is -0.479 e. The summed E-state index contributed by atoms with van der Waals surface area (Å²) < 4.78 is 5.30. The van der Waals surface area contributed by atoms with Crippen LogP contribution >= 0.6 is 23.4 Å². The minimum absolute atomic E-state index is 0.0616. The van der Waals surface area contributed by atoms with E-state index in [4.69, 9.17) is 21.4 Å². The van der Waals surface area contributed by atoms with Crippen molar-refractivity contribution in [3.05, 3.63) is 34.9 Å². The van der Waals surface area contributed by atoms with Crippen LogP contribution in [0.3, 0.4) is 0 Å². The molecule has 1 saturated heterocycles. The van der Waals surface area contributed by atoms with E-state index in [1.807, 2.05) is 24.3 Å². The van der Waals surface area contributed by atoms with E-state index in [1.165, 1.54) is 11.8 Å². The predicted octanol–water partition coefficient (Wildman–Crippen LogP) is 2.27. The van der Waals surface area contributed by atoms with Gasteiger partial charge in [-0.3, -0.25) is 4.79 Å². The second-order valence-electron chi connectivity index (χ2n) is 5.20. The van der Waals surface area contributed by atoms with Crippen LogP contribution in [0.2, 0.25) is 5.02 Å². The number of carbonyl (C=O) groups excluding carboxylic acids is 1. The van der Waals surface area contributed by atoms with Gasteiger partial charge < -0.3 is 14.7 Å². The van der Waals surface area contributed by atoms with Crippen molar-refractivity contribution in [1.82, 2.24) is 4.90 Å². The molecule has 1 aromatic rings. The number of thioether (sulfide) groups is 1. The highest BCUT2D eigenvalue weighted by molar-refractivity contribution is 7.99. The molecule has 1 aromatic carbocycles. The van der Waals surface area contributed by atoms with E-state index in [0.717, 1.165) is 5.56 Å². The standard InChI is InChI=1S/C15H18ClNO4S/c1-10-6-17(7-13(21-10)15(19)20)14(18)9-22-8-11-3-2-4-12(16)5-11/h2-5,10,13H,6-9H2,1H3,(H,19,20)/t10-,13?/m1/s1. The molecular weight excluding hydrogens is 326 g/mol. The van der Waals surface area contributed by atoms with E-state index in [2.05, 4.69) is 0 Å². The monoisotopic (exact) mass is 343 g/mol. The molecule has 2 atom stereocenters. The van der Waals surface area contributed by atoms with E-state index in [-0.39, 0.29) is 18.6 Å². The highest BCUT2D eigenvalue weighted by Gasteiger charge is 2.32. The van der Waals surface area contributed by atoms with Gasteiger partial charge in [0.15, 0.2) is 6.10 Å². The van der Waals surface area contributed by atoms with Crippen LogP contribution in [0.1, 0.15) is 12.5 Å². The molecule has 1 aliphatic heterocycles. The Kier molecular flexibility index (Phi) is 6.11. The van der Waals surface area contributed by atoms with Gasteiger partial charge in [0.25, 0.3) is 0 Å². The lowest BCUT2D eigenvalue weighted by Crippen LogP contribution is -2.52. The quantitative estimate of drug-likeness (QED) is 0.888. The highest BCUT2D eigenvalue weighted by atomic mass is 35.5. The third-order valence-electron chi connectivity index (χ3n) is 3.27. The van der Waals surface area contributed by atoms with Crippen molar-refractivity contribution in [2.45, 2.75) is 24.9 Å². The van der Waals surface area contributed by atoms with Gasteiger partial charge in [0.2, 0.25) is 5.91 Å². The summed E-state index contributed by atoms with van der Waals surface area (Å²) in [6, 6.07) is 7.51. The van der Waals surface area contributed by atoms with Crippen LogP contribution < -0.4 is 0 Å². The normalized spacial score (nSPS) is 21.6. The number of rotatable bonds is 5. The molecule has 0 spiro atoms. The first-order valence-corrected chi connectivity index (χ1v) is 8.47. The molecule has 1 heterocycles. The molecule has 1 fully saturated rings. The van der Waals surface area contributed by atoms with Crippen LogP contribution in [0.15, 0.2) is 24.3 Å². The van der Waals surface area contributed by atoms with Crippen LogP contribution in [-0.2, 0) is 20.1 Å². The first-order chi connectivity index (χ1) is 10.5. The molecule has 0 aliphatic carbocycles. The molecule has 1 aliphatic rings. The molecule has 120 valence electrons. The predicted molar refractivity (Wildman–Crippen MR) is 86.2 cm³/mol. The molecule has 0 bridgehead atoms. The first kappa shape index (κ1) is 17.1. The smallest absolute Gasteiger partial charge is 0.334 e.